The van der Waals surface area contributed by atoms with Gasteiger partial charge in [-0.25, -0.2) is 8.42 Å². The maximum absolute atomic E-state index is 12.6. The molecule has 0 spiro atoms. The summed E-state index contributed by atoms with van der Waals surface area (Å²) in [7, 11) is -2.98. The Bertz CT molecular complexity index is 1070. The number of rotatable bonds is 8. The van der Waals surface area contributed by atoms with Crippen molar-refractivity contribution in [3.8, 4) is 11.5 Å². The fourth-order valence-corrected chi connectivity index (χ4v) is 6.89. The second-order valence-electron chi connectivity index (χ2n) is 8.85. The van der Waals surface area contributed by atoms with Crippen LogP contribution >= 0.6 is 8.46 Å². The molecule has 2 aromatic carbocycles. The summed E-state index contributed by atoms with van der Waals surface area (Å²) in [4.78, 5) is 12.0. The van der Waals surface area contributed by atoms with Crippen LogP contribution in [0.3, 0.4) is 0 Å². The summed E-state index contributed by atoms with van der Waals surface area (Å²) in [6.45, 7) is 12.9. The average molecular weight is 475 g/mol. The van der Waals surface area contributed by atoms with Crippen LogP contribution in [0.5, 0.6) is 11.5 Å². The van der Waals surface area contributed by atoms with E-state index in [1.165, 1.54) is 16.4 Å². The van der Waals surface area contributed by atoms with Gasteiger partial charge in [0.05, 0.1) is 10.5 Å². The lowest BCUT2D eigenvalue weighted by Crippen LogP contribution is -2.40. The van der Waals surface area contributed by atoms with Crippen LogP contribution in [-0.4, -0.2) is 49.5 Å². The zero-order valence-electron chi connectivity index (χ0n) is 19.5. The number of nitrogens with zero attached hydrogens (tertiary/aromatic N) is 1. The molecule has 1 unspecified atom stereocenters. The highest BCUT2D eigenvalue weighted by Gasteiger charge is 2.50. The van der Waals surface area contributed by atoms with Gasteiger partial charge in [0.15, 0.2) is 0 Å². The molecule has 0 radical (unpaired) electrons. The van der Waals surface area contributed by atoms with Crippen molar-refractivity contribution in [1.82, 2.24) is 4.31 Å². The minimum Gasteiger partial charge on any atom is -0.457 e. The van der Waals surface area contributed by atoms with E-state index in [0.717, 1.165) is 11.7 Å². The lowest BCUT2D eigenvalue weighted by molar-refractivity contribution is 0.0932. The van der Waals surface area contributed by atoms with Gasteiger partial charge in [-0.1, -0.05) is 33.8 Å². The predicted octanol–water partition coefficient (Wildman–Crippen LogP) is 4.28. The molecule has 2 aromatic rings. The molecule has 0 bridgehead atoms. The van der Waals surface area contributed by atoms with Crippen molar-refractivity contribution in [2.24, 2.45) is 0 Å². The van der Waals surface area contributed by atoms with E-state index in [0.29, 0.717) is 38.6 Å². The Balaban J connectivity index is 1.80. The number of hydrogen-bond donors (Lipinski definition) is 0. The third-order valence-corrected chi connectivity index (χ3v) is 10.4. The number of carbonyl (C=O) groups excluding carboxylic acids is 1. The van der Waals surface area contributed by atoms with E-state index >= 15 is 0 Å². The minimum atomic E-state index is -3.52. The van der Waals surface area contributed by atoms with Crippen LogP contribution in [0.25, 0.3) is 0 Å². The zero-order chi connectivity index (χ0) is 23.7. The van der Waals surface area contributed by atoms with E-state index in [2.05, 4.69) is 27.7 Å². The van der Waals surface area contributed by atoms with Crippen molar-refractivity contribution in [2.75, 3.05) is 13.1 Å². The first-order chi connectivity index (χ1) is 14.9. The molecule has 32 heavy (non-hydrogen) atoms. The number of aldehydes is 1. The first-order valence-electron chi connectivity index (χ1n) is 10.8. The van der Waals surface area contributed by atoms with Gasteiger partial charge < -0.3 is 9.39 Å². The molecule has 0 saturated carbocycles. The van der Waals surface area contributed by atoms with Crippen molar-refractivity contribution >= 4 is 36.9 Å². The van der Waals surface area contributed by atoms with Gasteiger partial charge in [-0.05, 0) is 55.7 Å². The molecule has 9 heteroatoms. The smallest absolute Gasteiger partial charge is 0.354 e. The normalized spacial score (nSPS) is 18.3. The molecule has 0 amide bonds. The van der Waals surface area contributed by atoms with Crippen LogP contribution in [0, 0.1) is 0 Å². The summed E-state index contributed by atoms with van der Waals surface area (Å²) < 4.78 is 38.9. The van der Waals surface area contributed by atoms with Gasteiger partial charge in [-0.15, -0.1) is 8.46 Å². The van der Waals surface area contributed by atoms with E-state index in [4.69, 9.17) is 9.39 Å². The molecule has 1 fully saturated rings. The monoisotopic (exact) mass is 475 g/mol. The van der Waals surface area contributed by atoms with Gasteiger partial charge in [0.25, 0.3) is 0 Å². The Morgan fingerprint density at radius 3 is 2.12 bits per heavy atom. The van der Waals surface area contributed by atoms with Crippen LogP contribution in [0.1, 0.15) is 51.9 Å². The molecular weight excluding hydrogens is 444 g/mol. The third-order valence-electron chi connectivity index (χ3n) is 6.28. The summed E-state index contributed by atoms with van der Waals surface area (Å²) in [5.74, 6) is 1.00. The summed E-state index contributed by atoms with van der Waals surface area (Å²) >= 11 is 0. The van der Waals surface area contributed by atoms with Crippen molar-refractivity contribution in [3.05, 3.63) is 48.0 Å². The van der Waals surface area contributed by atoms with Gasteiger partial charge in [-0.3, -0.25) is 4.79 Å². The molecule has 0 aromatic heterocycles. The van der Waals surface area contributed by atoms with Crippen molar-refractivity contribution in [1.29, 1.82) is 0 Å². The fraction of sp³-hybridized carbons (Fsp3) is 0.435. The number of ether oxygens (including phenoxy) is 1. The molecule has 0 aliphatic carbocycles. The molecule has 1 aliphatic heterocycles. The molecule has 6 nitrogen and oxygen atoms in total. The predicted molar refractivity (Wildman–Crippen MR) is 131 cm³/mol. The highest BCUT2D eigenvalue weighted by Crippen LogP contribution is 2.51. The number of benzene rings is 2. The molecule has 1 aliphatic rings. The van der Waals surface area contributed by atoms with E-state index in [9.17, 15) is 13.2 Å². The molecule has 1 heterocycles. The van der Waals surface area contributed by atoms with Crippen LogP contribution in [0.2, 0.25) is 0 Å². The summed E-state index contributed by atoms with van der Waals surface area (Å²) in [6, 6.07) is 11.7. The van der Waals surface area contributed by atoms with E-state index in [-0.39, 0.29) is 22.3 Å². The Hall–Kier alpha value is -1.73. The zero-order valence-corrected chi connectivity index (χ0v) is 21.3. The lowest BCUT2D eigenvalue weighted by Gasteiger charge is -2.33. The molecule has 0 N–H and O–H groups in total. The third kappa shape index (κ3) is 4.79. The Kier molecular flexibility index (Phi) is 7.21. The molecular formula is C23H31BNO5PS. The van der Waals surface area contributed by atoms with Crippen molar-refractivity contribution in [3.63, 3.8) is 0 Å². The lowest BCUT2D eigenvalue weighted by atomic mass is 9.80. The number of hydrogen-bond acceptors (Lipinski definition) is 5. The second kappa shape index (κ2) is 9.26. The quantitative estimate of drug-likeness (QED) is 0.324. The van der Waals surface area contributed by atoms with E-state index in [1.54, 1.807) is 18.2 Å². The summed E-state index contributed by atoms with van der Waals surface area (Å²) in [5.41, 5.74) is 1.12. The second-order valence-corrected chi connectivity index (χ2v) is 12.8. The minimum absolute atomic E-state index is 0.0141. The van der Waals surface area contributed by atoms with Crippen LogP contribution in [-0.2, 0) is 14.7 Å². The molecule has 1 saturated heterocycles. The SMILES string of the molecule is CCN(CC)S(=O)(=O)c1ccc(Oc2ccc(B3OC(C)(C)C(C)(C)P3)c(C=O)c2)cc1. The average Bonchev–Trinajstić information content (AvgIpc) is 2.96. The summed E-state index contributed by atoms with van der Waals surface area (Å²) in [6.07, 6.45) is 0.827. The highest BCUT2D eigenvalue weighted by atomic mass is 32.2. The van der Waals surface area contributed by atoms with Gasteiger partial charge in [-0.2, -0.15) is 4.31 Å². The van der Waals surface area contributed by atoms with Crippen LogP contribution in [0.4, 0.5) is 0 Å². The fourth-order valence-electron chi connectivity index (χ4n) is 3.60. The van der Waals surface area contributed by atoms with E-state index in [1.807, 2.05) is 26.0 Å². The highest BCUT2D eigenvalue weighted by molar-refractivity contribution is 7.89. The van der Waals surface area contributed by atoms with Gasteiger partial charge in [0.2, 0.25) is 10.0 Å². The standard InChI is InChI=1S/C23H31BNO5PS/c1-7-25(8-2)32(27,28)20-12-9-18(10-13-20)29-19-11-14-21(17(15-19)16-26)24-30-22(3,4)23(5,6)31-24/h9-16,31H,7-8H2,1-6H3. The Morgan fingerprint density at radius 2 is 1.62 bits per heavy atom. The maximum Gasteiger partial charge on any atom is 0.354 e. The topological polar surface area (TPSA) is 72.9 Å². The van der Waals surface area contributed by atoms with Gasteiger partial charge >= 0.3 is 6.64 Å². The Labute approximate surface area is 193 Å². The molecule has 3 rings (SSSR count). The van der Waals surface area contributed by atoms with Crippen molar-refractivity contribution < 1.29 is 22.6 Å². The van der Waals surface area contributed by atoms with Crippen molar-refractivity contribution in [2.45, 2.75) is 57.2 Å². The largest absolute Gasteiger partial charge is 0.457 e. The molecule has 172 valence electrons. The molecule has 1 atom stereocenters. The number of carbonyl (C=O) groups is 1. The van der Waals surface area contributed by atoms with Crippen LogP contribution < -0.4 is 10.2 Å². The van der Waals surface area contributed by atoms with Gasteiger partial charge in [0.1, 0.15) is 17.8 Å². The number of sulfonamides is 1. The first-order valence-corrected chi connectivity index (χ1v) is 13.3. The van der Waals surface area contributed by atoms with E-state index < -0.39 is 10.0 Å². The summed E-state index contributed by atoms with van der Waals surface area (Å²) in [5, 5.41) is 0.0141. The maximum atomic E-state index is 12.6. The van der Waals surface area contributed by atoms with Gasteiger partial charge in [0, 0.05) is 23.8 Å². The Morgan fingerprint density at radius 1 is 1.03 bits per heavy atom. The first kappa shape index (κ1) is 24.9. The van der Waals surface area contributed by atoms with Crippen LogP contribution in [0.15, 0.2) is 47.4 Å².